The van der Waals surface area contributed by atoms with Gasteiger partial charge in [0, 0.05) is 34.1 Å². The van der Waals surface area contributed by atoms with Gasteiger partial charge in [-0.1, -0.05) is 12.2 Å². The van der Waals surface area contributed by atoms with Gasteiger partial charge in [0.2, 0.25) is 0 Å². The summed E-state index contributed by atoms with van der Waals surface area (Å²) in [5.74, 6) is 2.76. The van der Waals surface area contributed by atoms with Crippen molar-refractivity contribution in [3.05, 3.63) is 34.4 Å². The molecule has 4 aliphatic rings. The van der Waals surface area contributed by atoms with Gasteiger partial charge >= 0.3 is 0 Å². The fourth-order valence-corrected chi connectivity index (χ4v) is 5.01. The Morgan fingerprint density at radius 3 is 1.72 bits per heavy atom. The van der Waals surface area contributed by atoms with Crippen LogP contribution in [0.15, 0.2) is 12.2 Å². The first-order valence-corrected chi connectivity index (χ1v) is 7.05. The molecule has 4 atom stereocenters. The molecule has 0 spiro atoms. The van der Waals surface area contributed by atoms with Crippen LogP contribution in [0, 0.1) is 0 Å². The Balaban J connectivity index is 1.89. The lowest BCUT2D eigenvalue weighted by Gasteiger charge is -2.24. The molecule has 2 N–H and O–H groups in total. The number of allylic oxidation sites excluding steroid dienone is 2. The lowest BCUT2D eigenvalue weighted by atomic mass is 9.83. The molecule has 4 unspecified atom stereocenters. The van der Waals surface area contributed by atoms with E-state index in [0.717, 1.165) is 35.1 Å². The minimum atomic E-state index is 0.348. The number of hydrogen-bond acceptors (Lipinski definition) is 2. The molecule has 92 valence electrons. The van der Waals surface area contributed by atoms with Crippen LogP contribution in [0.25, 0.3) is 0 Å². The highest BCUT2D eigenvalue weighted by Gasteiger charge is 2.47. The number of phenolic OH excluding ortho intramolecular Hbond substituents is 2. The Hall–Kier alpha value is -1.44. The summed E-state index contributed by atoms with van der Waals surface area (Å²) in [7, 11) is 0. The highest BCUT2D eigenvalue weighted by Crippen LogP contribution is 2.65. The maximum atomic E-state index is 10.7. The van der Waals surface area contributed by atoms with Crippen molar-refractivity contribution in [2.75, 3.05) is 0 Å². The summed E-state index contributed by atoms with van der Waals surface area (Å²) >= 11 is 0. The van der Waals surface area contributed by atoms with Gasteiger partial charge in [0.25, 0.3) is 0 Å². The first kappa shape index (κ1) is 9.48. The van der Waals surface area contributed by atoms with Gasteiger partial charge in [0.15, 0.2) is 0 Å². The van der Waals surface area contributed by atoms with E-state index < -0.39 is 0 Å². The second-order valence-electron chi connectivity index (χ2n) is 6.39. The molecule has 0 aliphatic heterocycles. The van der Waals surface area contributed by atoms with Crippen molar-refractivity contribution in [3.8, 4) is 11.5 Å². The number of aromatic hydroxyl groups is 2. The average Bonchev–Trinajstić information content (AvgIpc) is 3.10. The third-order valence-electron chi connectivity index (χ3n) is 5.68. The van der Waals surface area contributed by atoms with E-state index in [-0.39, 0.29) is 0 Å². The van der Waals surface area contributed by atoms with E-state index in [4.69, 9.17) is 0 Å². The molecule has 2 nitrogen and oxygen atoms in total. The molecule has 1 saturated carbocycles. The predicted molar refractivity (Wildman–Crippen MR) is 68.3 cm³/mol. The van der Waals surface area contributed by atoms with E-state index in [2.05, 4.69) is 12.2 Å². The molecule has 4 bridgehead atoms. The number of phenols is 2. The van der Waals surface area contributed by atoms with Gasteiger partial charge < -0.3 is 10.2 Å². The highest BCUT2D eigenvalue weighted by atomic mass is 16.3. The summed E-state index contributed by atoms with van der Waals surface area (Å²) in [6, 6.07) is 0. The minimum absolute atomic E-state index is 0.348. The second-order valence-corrected chi connectivity index (χ2v) is 6.39. The van der Waals surface area contributed by atoms with Crippen LogP contribution in [0.1, 0.15) is 71.6 Å². The average molecular weight is 240 g/mol. The van der Waals surface area contributed by atoms with Gasteiger partial charge in [0.1, 0.15) is 11.5 Å². The topological polar surface area (TPSA) is 40.5 Å². The Labute approximate surface area is 106 Å². The normalized spacial score (nSPS) is 37.3. The molecule has 0 aromatic heterocycles. The zero-order valence-corrected chi connectivity index (χ0v) is 10.2. The van der Waals surface area contributed by atoms with E-state index in [0.29, 0.717) is 35.2 Å². The molecule has 4 aliphatic carbocycles. The number of benzene rings is 1. The van der Waals surface area contributed by atoms with Crippen molar-refractivity contribution in [1.29, 1.82) is 0 Å². The van der Waals surface area contributed by atoms with Gasteiger partial charge in [-0.15, -0.1) is 0 Å². The van der Waals surface area contributed by atoms with Crippen molar-refractivity contribution in [2.24, 2.45) is 0 Å². The Bertz CT molecular complexity index is 563. The van der Waals surface area contributed by atoms with E-state index >= 15 is 0 Å². The zero-order valence-electron chi connectivity index (χ0n) is 10.2. The summed E-state index contributed by atoms with van der Waals surface area (Å²) in [6.07, 6.45) is 8.97. The van der Waals surface area contributed by atoms with Gasteiger partial charge in [-0.05, 0) is 37.5 Å². The first-order valence-electron chi connectivity index (χ1n) is 7.05. The molecule has 5 rings (SSSR count). The second kappa shape index (κ2) is 2.76. The molecule has 0 amide bonds. The third kappa shape index (κ3) is 0.837. The molecule has 0 radical (unpaired) electrons. The lowest BCUT2D eigenvalue weighted by molar-refractivity contribution is 0.433. The largest absolute Gasteiger partial charge is 0.507 e. The standard InChI is InChI=1S/C16H16O2/c17-15-11-7-1-2-8(5-7)12(11)16(18)14-10-4-3-9(6-10)13(14)15/h1-2,7-10,17-18H,3-6H2. The molecule has 1 aromatic rings. The van der Waals surface area contributed by atoms with Gasteiger partial charge in [0.05, 0.1) is 0 Å². The summed E-state index contributed by atoms with van der Waals surface area (Å²) in [5, 5.41) is 21.3. The fraction of sp³-hybridized carbons (Fsp3) is 0.500. The Kier molecular flexibility index (Phi) is 1.46. The lowest BCUT2D eigenvalue weighted by Crippen LogP contribution is -2.05. The van der Waals surface area contributed by atoms with Crippen LogP contribution >= 0.6 is 0 Å². The van der Waals surface area contributed by atoms with Crippen molar-refractivity contribution in [2.45, 2.75) is 49.4 Å². The Morgan fingerprint density at radius 1 is 0.722 bits per heavy atom. The number of hydrogen-bond donors (Lipinski definition) is 2. The third-order valence-corrected chi connectivity index (χ3v) is 5.68. The highest BCUT2D eigenvalue weighted by molar-refractivity contribution is 5.69. The van der Waals surface area contributed by atoms with Crippen molar-refractivity contribution in [1.82, 2.24) is 0 Å². The SMILES string of the molecule is Oc1c2c(c(O)c3c1C1CCC3C1)C1C=CC2C1. The monoisotopic (exact) mass is 240 g/mol. The van der Waals surface area contributed by atoms with Crippen LogP contribution in [0.3, 0.4) is 0 Å². The molecule has 2 heteroatoms. The van der Waals surface area contributed by atoms with Gasteiger partial charge in [-0.2, -0.15) is 0 Å². The minimum Gasteiger partial charge on any atom is -0.507 e. The van der Waals surface area contributed by atoms with E-state index in [1.165, 1.54) is 12.8 Å². The van der Waals surface area contributed by atoms with Gasteiger partial charge in [-0.3, -0.25) is 0 Å². The van der Waals surface area contributed by atoms with Crippen LogP contribution in [-0.4, -0.2) is 10.2 Å². The maximum Gasteiger partial charge on any atom is 0.123 e. The molecular formula is C16H16O2. The molecule has 1 aromatic carbocycles. The smallest absolute Gasteiger partial charge is 0.123 e. The van der Waals surface area contributed by atoms with Crippen LogP contribution in [-0.2, 0) is 0 Å². The zero-order chi connectivity index (χ0) is 12.0. The quantitative estimate of drug-likeness (QED) is 0.537. The molecular weight excluding hydrogens is 224 g/mol. The van der Waals surface area contributed by atoms with E-state index in [9.17, 15) is 10.2 Å². The molecule has 1 fully saturated rings. The first-order chi connectivity index (χ1) is 8.75. The molecule has 0 saturated heterocycles. The molecule has 0 heterocycles. The summed E-state index contributed by atoms with van der Waals surface area (Å²) in [6.45, 7) is 0. The maximum absolute atomic E-state index is 10.7. The van der Waals surface area contributed by atoms with Crippen molar-refractivity contribution < 1.29 is 10.2 Å². The fourth-order valence-electron chi connectivity index (χ4n) is 5.01. The van der Waals surface area contributed by atoms with Crippen LogP contribution in [0.4, 0.5) is 0 Å². The van der Waals surface area contributed by atoms with Crippen LogP contribution < -0.4 is 0 Å². The number of fused-ring (bicyclic) bond motifs is 10. The van der Waals surface area contributed by atoms with Crippen molar-refractivity contribution in [3.63, 3.8) is 0 Å². The van der Waals surface area contributed by atoms with E-state index in [1.807, 2.05) is 0 Å². The predicted octanol–water partition coefficient (Wildman–Crippen LogP) is 3.60. The van der Waals surface area contributed by atoms with Gasteiger partial charge in [-0.25, -0.2) is 0 Å². The Morgan fingerprint density at radius 2 is 1.22 bits per heavy atom. The van der Waals surface area contributed by atoms with E-state index in [1.54, 1.807) is 0 Å². The number of rotatable bonds is 0. The molecule has 18 heavy (non-hydrogen) atoms. The van der Waals surface area contributed by atoms with Crippen LogP contribution in [0.5, 0.6) is 11.5 Å². The summed E-state index contributed by atoms with van der Waals surface area (Å²) < 4.78 is 0. The summed E-state index contributed by atoms with van der Waals surface area (Å²) in [5.41, 5.74) is 4.30. The summed E-state index contributed by atoms with van der Waals surface area (Å²) in [4.78, 5) is 0. The van der Waals surface area contributed by atoms with Crippen molar-refractivity contribution >= 4 is 0 Å². The van der Waals surface area contributed by atoms with Crippen LogP contribution in [0.2, 0.25) is 0 Å².